The maximum Gasteiger partial charge on any atom is 0.184 e. The van der Waals surface area contributed by atoms with Crippen LogP contribution in [0.1, 0.15) is 24.6 Å². The lowest BCUT2D eigenvalue weighted by atomic mass is 10.4. The van der Waals surface area contributed by atoms with E-state index in [2.05, 4.69) is 4.98 Å². The SMILES string of the molecule is O=S(=O)(Cc1cncn1C1CC1)c1cccc(F)c1. The van der Waals surface area contributed by atoms with E-state index in [1.165, 1.54) is 18.2 Å². The average molecular weight is 280 g/mol. The predicted octanol–water partition coefficient (Wildman–Crippen LogP) is 2.33. The van der Waals surface area contributed by atoms with E-state index in [4.69, 9.17) is 0 Å². The van der Waals surface area contributed by atoms with Gasteiger partial charge in [-0.2, -0.15) is 0 Å². The average Bonchev–Trinajstić information content (AvgIpc) is 3.10. The van der Waals surface area contributed by atoms with E-state index in [1.807, 2.05) is 4.57 Å². The summed E-state index contributed by atoms with van der Waals surface area (Å²) in [6.07, 6.45) is 5.34. The molecular formula is C13H13FN2O2S. The molecular weight excluding hydrogens is 267 g/mol. The molecule has 100 valence electrons. The monoisotopic (exact) mass is 280 g/mol. The van der Waals surface area contributed by atoms with Crippen LogP contribution in [0.2, 0.25) is 0 Å². The molecule has 0 saturated heterocycles. The van der Waals surface area contributed by atoms with Gasteiger partial charge in [0.15, 0.2) is 9.84 Å². The zero-order chi connectivity index (χ0) is 13.5. The molecule has 19 heavy (non-hydrogen) atoms. The van der Waals surface area contributed by atoms with Crippen LogP contribution in [0.25, 0.3) is 0 Å². The number of hydrogen-bond donors (Lipinski definition) is 0. The van der Waals surface area contributed by atoms with Crippen molar-refractivity contribution in [2.75, 3.05) is 0 Å². The summed E-state index contributed by atoms with van der Waals surface area (Å²) >= 11 is 0. The van der Waals surface area contributed by atoms with Crippen LogP contribution in [0.15, 0.2) is 41.7 Å². The van der Waals surface area contributed by atoms with Gasteiger partial charge in [0.2, 0.25) is 0 Å². The zero-order valence-corrected chi connectivity index (χ0v) is 11.0. The molecule has 1 aliphatic rings. The first-order chi connectivity index (χ1) is 9.06. The van der Waals surface area contributed by atoms with Crippen molar-refractivity contribution in [1.82, 2.24) is 9.55 Å². The van der Waals surface area contributed by atoms with Gasteiger partial charge in [-0.25, -0.2) is 17.8 Å². The number of sulfone groups is 1. The molecule has 2 aromatic rings. The van der Waals surface area contributed by atoms with Gasteiger partial charge in [0, 0.05) is 12.2 Å². The van der Waals surface area contributed by atoms with Gasteiger partial charge in [-0.3, -0.25) is 0 Å². The highest BCUT2D eigenvalue weighted by Gasteiger charge is 2.27. The largest absolute Gasteiger partial charge is 0.331 e. The lowest BCUT2D eigenvalue weighted by Crippen LogP contribution is -2.09. The molecule has 1 aromatic carbocycles. The smallest absolute Gasteiger partial charge is 0.184 e. The first-order valence-electron chi connectivity index (χ1n) is 6.05. The van der Waals surface area contributed by atoms with Gasteiger partial charge in [0.1, 0.15) is 5.82 Å². The van der Waals surface area contributed by atoms with E-state index < -0.39 is 15.7 Å². The number of imidazole rings is 1. The van der Waals surface area contributed by atoms with Crippen LogP contribution < -0.4 is 0 Å². The molecule has 0 unspecified atom stereocenters. The Bertz CT molecular complexity index is 705. The third kappa shape index (κ3) is 2.53. The summed E-state index contributed by atoms with van der Waals surface area (Å²) in [4.78, 5) is 4.01. The van der Waals surface area contributed by atoms with Gasteiger partial charge in [0.25, 0.3) is 0 Å². The molecule has 1 aromatic heterocycles. The second kappa shape index (κ2) is 4.45. The minimum absolute atomic E-state index is 0.0102. The van der Waals surface area contributed by atoms with Crippen LogP contribution in [-0.4, -0.2) is 18.0 Å². The number of benzene rings is 1. The molecule has 0 aliphatic heterocycles. The lowest BCUT2D eigenvalue weighted by Gasteiger charge is -2.07. The van der Waals surface area contributed by atoms with Crippen molar-refractivity contribution >= 4 is 9.84 Å². The molecule has 0 radical (unpaired) electrons. The van der Waals surface area contributed by atoms with Crippen molar-refractivity contribution in [3.8, 4) is 0 Å². The Balaban J connectivity index is 1.91. The van der Waals surface area contributed by atoms with Gasteiger partial charge in [0.05, 0.1) is 22.7 Å². The summed E-state index contributed by atoms with van der Waals surface area (Å²) in [7, 11) is -3.53. The number of rotatable bonds is 4. The zero-order valence-electron chi connectivity index (χ0n) is 10.2. The molecule has 1 saturated carbocycles. The van der Waals surface area contributed by atoms with Crippen molar-refractivity contribution < 1.29 is 12.8 Å². The van der Waals surface area contributed by atoms with Gasteiger partial charge < -0.3 is 4.57 Å². The second-order valence-electron chi connectivity index (χ2n) is 4.74. The summed E-state index contributed by atoms with van der Waals surface area (Å²) in [5.74, 6) is -0.691. The van der Waals surface area contributed by atoms with Crippen molar-refractivity contribution in [3.05, 3.63) is 48.3 Å². The minimum Gasteiger partial charge on any atom is -0.331 e. The molecule has 0 spiro atoms. The Morgan fingerprint density at radius 2 is 2.16 bits per heavy atom. The minimum atomic E-state index is -3.53. The van der Waals surface area contributed by atoms with Gasteiger partial charge in [-0.05, 0) is 31.0 Å². The summed E-state index contributed by atoms with van der Waals surface area (Å²) in [5.41, 5.74) is 0.659. The van der Waals surface area contributed by atoms with Crippen LogP contribution in [0.3, 0.4) is 0 Å². The molecule has 1 aliphatic carbocycles. The highest BCUT2D eigenvalue weighted by molar-refractivity contribution is 7.90. The lowest BCUT2D eigenvalue weighted by molar-refractivity contribution is 0.587. The summed E-state index contributed by atoms with van der Waals surface area (Å²) < 4.78 is 39.5. The maximum absolute atomic E-state index is 13.1. The first kappa shape index (κ1) is 12.3. The van der Waals surface area contributed by atoms with Crippen molar-refractivity contribution in [3.63, 3.8) is 0 Å². The molecule has 0 amide bonds. The number of nitrogens with zero attached hydrogens (tertiary/aromatic N) is 2. The highest BCUT2D eigenvalue weighted by Crippen LogP contribution is 2.36. The predicted molar refractivity (Wildman–Crippen MR) is 67.8 cm³/mol. The molecule has 3 rings (SSSR count). The van der Waals surface area contributed by atoms with Crippen LogP contribution in [0.4, 0.5) is 4.39 Å². The van der Waals surface area contributed by atoms with E-state index in [1.54, 1.807) is 12.5 Å². The van der Waals surface area contributed by atoms with Gasteiger partial charge in [-0.15, -0.1) is 0 Å². The third-order valence-corrected chi connectivity index (χ3v) is 4.83. The van der Waals surface area contributed by atoms with E-state index in [0.717, 1.165) is 18.9 Å². The van der Waals surface area contributed by atoms with Gasteiger partial charge in [-0.1, -0.05) is 6.07 Å². The number of halogens is 1. The Morgan fingerprint density at radius 3 is 2.84 bits per heavy atom. The maximum atomic E-state index is 13.1. The summed E-state index contributed by atoms with van der Waals surface area (Å²) in [6, 6.07) is 5.47. The van der Waals surface area contributed by atoms with Crippen LogP contribution in [0.5, 0.6) is 0 Å². The fourth-order valence-electron chi connectivity index (χ4n) is 2.06. The first-order valence-corrected chi connectivity index (χ1v) is 7.70. The standard InChI is InChI=1S/C13H13FN2O2S/c14-10-2-1-3-13(6-10)19(17,18)8-12-7-15-9-16(12)11-4-5-11/h1-3,6-7,9,11H,4-5,8H2. The summed E-state index contributed by atoms with van der Waals surface area (Å²) in [5, 5.41) is 0. The van der Waals surface area contributed by atoms with E-state index >= 15 is 0 Å². The molecule has 0 atom stereocenters. The summed E-state index contributed by atoms with van der Waals surface area (Å²) in [6.45, 7) is 0. The normalized spacial score (nSPS) is 15.6. The topological polar surface area (TPSA) is 52.0 Å². The van der Waals surface area contributed by atoms with Crippen LogP contribution in [-0.2, 0) is 15.6 Å². The van der Waals surface area contributed by atoms with E-state index in [0.29, 0.717) is 11.7 Å². The number of hydrogen-bond acceptors (Lipinski definition) is 3. The molecule has 1 heterocycles. The molecule has 0 N–H and O–H groups in total. The number of aromatic nitrogens is 2. The Labute approximate surface area is 110 Å². The molecule has 1 fully saturated rings. The molecule has 4 nitrogen and oxygen atoms in total. The Kier molecular flexibility index (Phi) is 2.89. The molecule has 6 heteroatoms. The fraction of sp³-hybridized carbons (Fsp3) is 0.308. The molecule has 0 bridgehead atoms. The fourth-order valence-corrected chi connectivity index (χ4v) is 3.42. The van der Waals surface area contributed by atoms with Crippen molar-refractivity contribution in [1.29, 1.82) is 0 Å². The van der Waals surface area contributed by atoms with Gasteiger partial charge >= 0.3 is 0 Å². The van der Waals surface area contributed by atoms with E-state index in [-0.39, 0.29) is 10.6 Å². The van der Waals surface area contributed by atoms with Crippen LogP contribution >= 0.6 is 0 Å². The quantitative estimate of drug-likeness (QED) is 0.863. The highest BCUT2D eigenvalue weighted by atomic mass is 32.2. The van der Waals surface area contributed by atoms with Crippen LogP contribution in [0, 0.1) is 5.82 Å². The Hall–Kier alpha value is -1.69. The van der Waals surface area contributed by atoms with Crippen molar-refractivity contribution in [2.24, 2.45) is 0 Å². The second-order valence-corrected chi connectivity index (χ2v) is 6.73. The van der Waals surface area contributed by atoms with E-state index in [9.17, 15) is 12.8 Å². The Morgan fingerprint density at radius 1 is 1.37 bits per heavy atom. The van der Waals surface area contributed by atoms with Crippen molar-refractivity contribution in [2.45, 2.75) is 29.5 Å². The third-order valence-electron chi connectivity index (χ3n) is 3.18.